The van der Waals surface area contributed by atoms with Crippen molar-refractivity contribution in [1.82, 2.24) is 4.90 Å². The molecule has 0 fully saturated rings. The van der Waals surface area contributed by atoms with Crippen molar-refractivity contribution in [3.63, 3.8) is 0 Å². The number of methoxy groups -OCH3 is 2. The maximum absolute atomic E-state index is 12.4. The molecule has 2 aliphatic heterocycles. The monoisotopic (exact) mass is 309 g/mol. The Morgan fingerprint density at radius 3 is 2.52 bits per heavy atom. The van der Waals surface area contributed by atoms with Gasteiger partial charge in [-0.15, -0.1) is 0 Å². The lowest BCUT2D eigenvalue weighted by atomic mass is 10.1. The van der Waals surface area contributed by atoms with Crippen LogP contribution in [0.2, 0.25) is 0 Å². The fourth-order valence-corrected chi connectivity index (χ4v) is 3.03. The van der Waals surface area contributed by atoms with Crippen LogP contribution in [0.4, 0.5) is 0 Å². The second-order valence-electron chi connectivity index (χ2n) is 5.42. The van der Waals surface area contributed by atoms with Crippen molar-refractivity contribution >= 4 is 17.7 Å². The van der Waals surface area contributed by atoms with Crippen LogP contribution in [0, 0.1) is 0 Å². The summed E-state index contributed by atoms with van der Waals surface area (Å²) in [6.07, 6.45) is 1.94. The Hall–Kier alpha value is -2.95. The van der Waals surface area contributed by atoms with E-state index in [1.165, 1.54) is 0 Å². The molecule has 0 N–H and O–H groups in total. The van der Waals surface area contributed by atoms with Crippen LogP contribution < -0.4 is 14.2 Å². The highest BCUT2D eigenvalue weighted by molar-refractivity contribution is 6.13. The van der Waals surface area contributed by atoms with E-state index >= 15 is 0 Å². The van der Waals surface area contributed by atoms with Crippen LogP contribution in [0.25, 0.3) is 11.8 Å². The molecule has 1 amide bonds. The van der Waals surface area contributed by atoms with Gasteiger partial charge in [-0.1, -0.05) is 6.07 Å². The van der Waals surface area contributed by atoms with E-state index in [0.29, 0.717) is 28.6 Å². The van der Waals surface area contributed by atoms with Crippen molar-refractivity contribution in [3.8, 4) is 23.0 Å². The number of amides is 1. The third-order valence-corrected chi connectivity index (χ3v) is 4.21. The molecule has 0 aromatic heterocycles. The van der Waals surface area contributed by atoms with Gasteiger partial charge >= 0.3 is 0 Å². The van der Waals surface area contributed by atoms with Gasteiger partial charge in [0.25, 0.3) is 5.91 Å². The lowest BCUT2D eigenvalue weighted by Gasteiger charge is -2.13. The molecule has 0 radical (unpaired) electrons. The normalized spacial score (nSPS) is 14.5. The Bertz CT molecular complexity index is 870. The number of benzene rings is 2. The second kappa shape index (κ2) is 4.78. The summed E-state index contributed by atoms with van der Waals surface area (Å²) in [7, 11) is 4.94. The number of hydrogen-bond acceptors (Lipinski definition) is 4. The number of carbonyl (C=O) groups is 1. The Kier molecular flexibility index (Phi) is 2.84. The summed E-state index contributed by atoms with van der Waals surface area (Å²) in [4.78, 5) is 14.0. The lowest BCUT2D eigenvalue weighted by Crippen LogP contribution is -2.16. The van der Waals surface area contributed by atoms with Crippen LogP contribution >= 0.6 is 0 Å². The molecule has 2 aromatic rings. The zero-order valence-electron chi connectivity index (χ0n) is 13.0. The zero-order valence-corrected chi connectivity index (χ0v) is 13.0. The molecular weight excluding hydrogens is 294 g/mol. The van der Waals surface area contributed by atoms with Crippen LogP contribution in [0.15, 0.2) is 30.3 Å². The van der Waals surface area contributed by atoms with Crippen molar-refractivity contribution in [2.45, 2.75) is 0 Å². The molecule has 2 heterocycles. The van der Waals surface area contributed by atoms with Gasteiger partial charge in [0.1, 0.15) is 11.5 Å². The standard InChI is InChI=1S/C18H15NO4/c1-19-12-7-10-8-15(21-2)16(22-3)9-14(10)23-13-6-4-5-11(17(12)13)18(19)20/h4-9H,1-3H3. The van der Waals surface area contributed by atoms with E-state index in [9.17, 15) is 4.79 Å². The van der Waals surface area contributed by atoms with Crippen molar-refractivity contribution in [2.75, 3.05) is 21.3 Å². The molecule has 2 aromatic carbocycles. The van der Waals surface area contributed by atoms with Crippen LogP contribution in [-0.2, 0) is 0 Å². The smallest absolute Gasteiger partial charge is 0.258 e. The first-order valence-corrected chi connectivity index (χ1v) is 7.21. The summed E-state index contributed by atoms with van der Waals surface area (Å²) in [6.45, 7) is 0. The van der Waals surface area contributed by atoms with Gasteiger partial charge in [-0.3, -0.25) is 4.79 Å². The minimum absolute atomic E-state index is 0.0272. The Morgan fingerprint density at radius 1 is 1.04 bits per heavy atom. The summed E-state index contributed by atoms with van der Waals surface area (Å²) >= 11 is 0. The average molecular weight is 309 g/mol. The number of fused-ring (bicyclic) bond motifs is 1. The Morgan fingerprint density at radius 2 is 1.78 bits per heavy atom. The molecule has 0 aliphatic carbocycles. The molecule has 23 heavy (non-hydrogen) atoms. The summed E-state index contributed by atoms with van der Waals surface area (Å²) in [5.41, 5.74) is 3.14. The molecule has 116 valence electrons. The van der Waals surface area contributed by atoms with E-state index in [4.69, 9.17) is 14.2 Å². The highest BCUT2D eigenvalue weighted by Crippen LogP contribution is 2.47. The van der Waals surface area contributed by atoms with Gasteiger partial charge in [0.05, 0.1) is 31.0 Å². The molecular formula is C18H15NO4. The lowest BCUT2D eigenvalue weighted by molar-refractivity contribution is 0.0875. The summed E-state index contributed by atoms with van der Waals surface area (Å²) in [5.74, 6) is 2.52. The van der Waals surface area contributed by atoms with Crippen molar-refractivity contribution in [2.24, 2.45) is 0 Å². The van der Waals surface area contributed by atoms with Gasteiger partial charge < -0.3 is 19.1 Å². The molecule has 5 heteroatoms. The van der Waals surface area contributed by atoms with Crippen LogP contribution in [0.5, 0.6) is 23.0 Å². The van der Waals surface area contributed by atoms with E-state index in [2.05, 4.69) is 0 Å². The first-order valence-electron chi connectivity index (χ1n) is 7.21. The fraction of sp³-hybridized carbons (Fsp3) is 0.167. The predicted octanol–water partition coefficient (Wildman–Crippen LogP) is 3.39. The van der Waals surface area contributed by atoms with Crippen LogP contribution in [-0.4, -0.2) is 32.1 Å². The largest absolute Gasteiger partial charge is 0.493 e. The quantitative estimate of drug-likeness (QED) is 0.853. The Balaban J connectivity index is 1.99. The van der Waals surface area contributed by atoms with Crippen LogP contribution in [0.1, 0.15) is 21.5 Å². The maximum atomic E-state index is 12.4. The van der Waals surface area contributed by atoms with Crippen molar-refractivity contribution in [1.29, 1.82) is 0 Å². The van der Waals surface area contributed by atoms with Gasteiger partial charge in [-0.05, 0) is 24.3 Å². The van der Waals surface area contributed by atoms with E-state index < -0.39 is 0 Å². The molecule has 0 saturated carbocycles. The highest BCUT2D eigenvalue weighted by atomic mass is 16.5. The number of ether oxygens (including phenoxy) is 3. The number of carbonyl (C=O) groups excluding carboxylic acids is 1. The minimum Gasteiger partial charge on any atom is -0.493 e. The van der Waals surface area contributed by atoms with Gasteiger partial charge in [0.15, 0.2) is 11.5 Å². The first kappa shape index (κ1) is 13.7. The van der Waals surface area contributed by atoms with Gasteiger partial charge in [-0.2, -0.15) is 0 Å². The van der Waals surface area contributed by atoms with Gasteiger partial charge in [-0.25, -0.2) is 0 Å². The third-order valence-electron chi connectivity index (χ3n) is 4.21. The minimum atomic E-state index is -0.0272. The molecule has 0 atom stereocenters. The number of hydrogen-bond donors (Lipinski definition) is 0. The van der Waals surface area contributed by atoms with E-state index in [-0.39, 0.29) is 5.91 Å². The van der Waals surface area contributed by atoms with E-state index in [1.54, 1.807) is 32.2 Å². The van der Waals surface area contributed by atoms with Crippen molar-refractivity contribution < 1.29 is 19.0 Å². The number of nitrogens with zero attached hydrogens (tertiary/aromatic N) is 1. The Labute approximate surface area is 133 Å². The molecule has 0 unspecified atom stereocenters. The molecule has 0 bridgehead atoms. The maximum Gasteiger partial charge on any atom is 0.258 e. The summed E-state index contributed by atoms with van der Waals surface area (Å²) in [5, 5.41) is 0. The first-order chi connectivity index (χ1) is 11.1. The fourth-order valence-electron chi connectivity index (χ4n) is 3.03. The molecule has 2 aliphatic rings. The highest BCUT2D eigenvalue weighted by Gasteiger charge is 2.34. The SMILES string of the molecule is COc1cc2c(cc1OC)Oc1cccc3c1C(=C2)N(C)C3=O. The average Bonchev–Trinajstić information content (AvgIpc) is 2.73. The molecule has 4 rings (SSSR count). The molecule has 5 nitrogen and oxygen atoms in total. The predicted molar refractivity (Wildman–Crippen MR) is 86.0 cm³/mol. The second-order valence-corrected chi connectivity index (χ2v) is 5.42. The van der Waals surface area contributed by atoms with Gasteiger partial charge in [0, 0.05) is 18.7 Å². The van der Waals surface area contributed by atoms with E-state index in [0.717, 1.165) is 16.8 Å². The topological polar surface area (TPSA) is 48.0 Å². The van der Waals surface area contributed by atoms with Gasteiger partial charge in [0.2, 0.25) is 0 Å². The molecule has 0 spiro atoms. The summed E-state index contributed by atoms with van der Waals surface area (Å²) in [6, 6.07) is 9.16. The number of rotatable bonds is 2. The van der Waals surface area contributed by atoms with E-state index in [1.807, 2.05) is 30.3 Å². The van der Waals surface area contributed by atoms with Crippen LogP contribution in [0.3, 0.4) is 0 Å². The zero-order chi connectivity index (χ0) is 16.1. The van der Waals surface area contributed by atoms with Crippen molar-refractivity contribution in [3.05, 3.63) is 47.0 Å². The summed E-state index contributed by atoms with van der Waals surface area (Å²) < 4.78 is 16.8. The third kappa shape index (κ3) is 1.83. The molecule has 0 saturated heterocycles.